The van der Waals surface area contributed by atoms with Crippen molar-refractivity contribution in [3.8, 4) is 17.6 Å². The SMILES string of the molecule is COC(=O)C(C)c1ccccc1OCC(O)CN1CCC(Oc2ccc(C#N)cc2)C1. The van der Waals surface area contributed by atoms with Crippen LogP contribution in [0.4, 0.5) is 0 Å². The number of aliphatic hydroxyl groups excluding tert-OH is 1. The Morgan fingerprint density at radius 2 is 2.00 bits per heavy atom. The maximum absolute atomic E-state index is 11.9. The summed E-state index contributed by atoms with van der Waals surface area (Å²) in [6, 6.07) is 16.5. The number of esters is 1. The Balaban J connectivity index is 1.47. The van der Waals surface area contributed by atoms with E-state index in [1.165, 1.54) is 7.11 Å². The molecule has 1 aliphatic rings. The number of ether oxygens (including phenoxy) is 3. The standard InChI is InChI=1S/C24H28N2O5/c1-17(24(28)29-2)22-5-3-4-6-23(22)30-16-19(27)14-26-12-11-21(15-26)31-20-9-7-18(13-25)8-10-20/h3-10,17,19,21,27H,11-12,14-16H2,1-2H3. The van der Waals surface area contributed by atoms with Crippen molar-refractivity contribution in [3.63, 3.8) is 0 Å². The Kier molecular flexibility index (Phi) is 7.88. The molecule has 0 spiro atoms. The first kappa shape index (κ1) is 22.6. The molecule has 0 radical (unpaired) electrons. The van der Waals surface area contributed by atoms with Crippen LogP contribution in [0.25, 0.3) is 0 Å². The third-order valence-electron chi connectivity index (χ3n) is 5.36. The minimum absolute atomic E-state index is 0.0442. The third kappa shape index (κ3) is 6.20. The highest BCUT2D eigenvalue weighted by molar-refractivity contribution is 5.78. The quantitative estimate of drug-likeness (QED) is 0.619. The molecule has 3 atom stereocenters. The van der Waals surface area contributed by atoms with E-state index >= 15 is 0 Å². The Morgan fingerprint density at radius 1 is 1.26 bits per heavy atom. The van der Waals surface area contributed by atoms with E-state index in [1.54, 1.807) is 37.3 Å². The molecule has 1 aliphatic heterocycles. The van der Waals surface area contributed by atoms with Crippen LogP contribution in [-0.2, 0) is 9.53 Å². The molecule has 0 saturated carbocycles. The van der Waals surface area contributed by atoms with Crippen molar-refractivity contribution in [2.24, 2.45) is 0 Å². The lowest BCUT2D eigenvalue weighted by Crippen LogP contribution is -2.35. The number of nitriles is 1. The Labute approximate surface area is 182 Å². The van der Waals surface area contributed by atoms with Gasteiger partial charge in [-0.05, 0) is 43.7 Å². The molecule has 1 heterocycles. The van der Waals surface area contributed by atoms with Crippen LogP contribution in [0, 0.1) is 11.3 Å². The van der Waals surface area contributed by atoms with Gasteiger partial charge in [0.1, 0.15) is 30.3 Å². The lowest BCUT2D eigenvalue weighted by molar-refractivity contribution is -0.142. The summed E-state index contributed by atoms with van der Waals surface area (Å²) in [6.07, 6.45) is 0.241. The molecule has 0 amide bonds. The largest absolute Gasteiger partial charge is 0.491 e. The van der Waals surface area contributed by atoms with Crippen molar-refractivity contribution in [2.75, 3.05) is 33.4 Å². The maximum atomic E-state index is 11.9. The normalized spacial score (nSPS) is 18.1. The predicted molar refractivity (Wildman–Crippen MR) is 115 cm³/mol. The molecule has 2 aromatic carbocycles. The molecule has 1 fully saturated rings. The fraction of sp³-hybridized carbons (Fsp3) is 0.417. The monoisotopic (exact) mass is 424 g/mol. The summed E-state index contributed by atoms with van der Waals surface area (Å²) in [5, 5.41) is 19.3. The number of nitrogens with zero attached hydrogens (tertiary/aromatic N) is 2. The molecule has 1 saturated heterocycles. The predicted octanol–water partition coefficient (Wildman–Crippen LogP) is 2.73. The van der Waals surface area contributed by atoms with Gasteiger partial charge < -0.3 is 19.3 Å². The van der Waals surface area contributed by atoms with Gasteiger partial charge in [0, 0.05) is 25.2 Å². The Hall–Kier alpha value is -3.08. The summed E-state index contributed by atoms with van der Waals surface area (Å²) in [5.41, 5.74) is 1.34. The van der Waals surface area contributed by atoms with E-state index in [0.717, 1.165) is 24.3 Å². The first-order valence-corrected chi connectivity index (χ1v) is 10.4. The van der Waals surface area contributed by atoms with Crippen LogP contribution in [0.2, 0.25) is 0 Å². The lowest BCUT2D eigenvalue weighted by atomic mass is 10.0. The van der Waals surface area contributed by atoms with Crippen molar-refractivity contribution in [2.45, 2.75) is 31.5 Å². The Morgan fingerprint density at radius 3 is 2.71 bits per heavy atom. The number of hydrogen-bond acceptors (Lipinski definition) is 7. The van der Waals surface area contributed by atoms with Crippen LogP contribution in [0.5, 0.6) is 11.5 Å². The number of benzene rings is 2. The second kappa shape index (κ2) is 10.8. The number of methoxy groups -OCH3 is 1. The molecular formula is C24H28N2O5. The number of hydrogen-bond donors (Lipinski definition) is 1. The van der Waals surface area contributed by atoms with Crippen molar-refractivity contribution >= 4 is 5.97 Å². The Bertz CT molecular complexity index is 909. The lowest BCUT2D eigenvalue weighted by Gasteiger charge is -2.21. The summed E-state index contributed by atoms with van der Waals surface area (Å²) in [6.45, 7) is 3.91. The van der Waals surface area contributed by atoms with Gasteiger partial charge in [0.25, 0.3) is 0 Å². The molecule has 164 valence electrons. The zero-order valence-electron chi connectivity index (χ0n) is 17.9. The molecule has 3 rings (SSSR count). The number of β-amino-alcohol motifs (C(OH)–C–C–N with tert-alkyl or cyclic N) is 1. The van der Waals surface area contributed by atoms with Crippen LogP contribution in [-0.4, -0.2) is 61.5 Å². The molecular weight excluding hydrogens is 396 g/mol. The second-order valence-corrected chi connectivity index (χ2v) is 7.67. The number of likely N-dealkylation sites (tertiary alicyclic amines) is 1. The van der Waals surface area contributed by atoms with Gasteiger partial charge in [-0.1, -0.05) is 18.2 Å². The van der Waals surface area contributed by atoms with Crippen LogP contribution in [0.15, 0.2) is 48.5 Å². The van der Waals surface area contributed by atoms with E-state index in [-0.39, 0.29) is 18.7 Å². The third-order valence-corrected chi connectivity index (χ3v) is 5.36. The van der Waals surface area contributed by atoms with Gasteiger partial charge in [-0.2, -0.15) is 5.26 Å². The maximum Gasteiger partial charge on any atom is 0.312 e. The molecule has 0 bridgehead atoms. The second-order valence-electron chi connectivity index (χ2n) is 7.67. The van der Waals surface area contributed by atoms with Gasteiger partial charge in [0.05, 0.1) is 24.7 Å². The van der Waals surface area contributed by atoms with Gasteiger partial charge in [-0.3, -0.25) is 9.69 Å². The van der Waals surface area contributed by atoms with Crippen molar-refractivity contribution < 1.29 is 24.1 Å². The van der Waals surface area contributed by atoms with Crippen LogP contribution in [0.3, 0.4) is 0 Å². The number of carbonyl (C=O) groups excluding carboxylic acids is 1. The highest BCUT2D eigenvalue weighted by Gasteiger charge is 2.26. The summed E-state index contributed by atoms with van der Waals surface area (Å²) in [7, 11) is 1.36. The smallest absolute Gasteiger partial charge is 0.312 e. The van der Waals surface area contributed by atoms with Gasteiger partial charge in [0.15, 0.2) is 0 Å². The van der Waals surface area contributed by atoms with E-state index in [1.807, 2.05) is 18.2 Å². The van der Waals surface area contributed by atoms with Gasteiger partial charge in [0.2, 0.25) is 0 Å². The molecule has 1 N–H and O–H groups in total. The number of rotatable bonds is 9. The first-order valence-electron chi connectivity index (χ1n) is 10.4. The fourth-order valence-electron chi connectivity index (χ4n) is 3.67. The van der Waals surface area contributed by atoms with Gasteiger partial charge >= 0.3 is 5.97 Å². The van der Waals surface area contributed by atoms with Crippen LogP contribution >= 0.6 is 0 Å². The highest BCUT2D eigenvalue weighted by Crippen LogP contribution is 2.27. The van der Waals surface area contributed by atoms with E-state index in [4.69, 9.17) is 19.5 Å². The number of aliphatic hydroxyl groups is 1. The number of para-hydroxylation sites is 1. The zero-order chi connectivity index (χ0) is 22.2. The average molecular weight is 424 g/mol. The van der Waals surface area contributed by atoms with Crippen molar-refractivity contribution in [3.05, 3.63) is 59.7 Å². The van der Waals surface area contributed by atoms with Gasteiger partial charge in [-0.25, -0.2) is 0 Å². The summed E-state index contributed by atoms with van der Waals surface area (Å²) in [5.74, 6) is 0.535. The van der Waals surface area contributed by atoms with Crippen LogP contribution in [0.1, 0.15) is 30.4 Å². The summed E-state index contributed by atoms with van der Waals surface area (Å²) in [4.78, 5) is 14.0. The van der Waals surface area contributed by atoms with E-state index in [9.17, 15) is 9.90 Å². The summed E-state index contributed by atoms with van der Waals surface area (Å²) < 4.78 is 16.6. The molecule has 0 aliphatic carbocycles. The zero-order valence-corrected chi connectivity index (χ0v) is 17.9. The molecule has 7 heteroatoms. The average Bonchev–Trinajstić information content (AvgIpc) is 3.23. The fourth-order valence-corrected chi connectivity index (χ4v) is 3.67. The molecule has 0 aromatic heterocycles. The van der Waals surface area contributed by atoms with E-state index < -0.39 is 12.0 Å². The van der Waals surface area contributed by atoms with E-state index in [0.29, 0.717) is 24.4 Å². The molecule has 31 heavy (non-hydrogen) atoms. The molecule has 2 aromatic rings. The first-order chi connectivity index (χ1) is 15.0. The minimum atomic E-state index is -0.671. The molecule has 7 nitrogen and oxygen atoms in total. The highest BCUT2D eigenvalue weighted by atomic mass is 16.5. The minimum Gasteiger partial charge on any atom is -0.491 e. The van der Waals surface area contributed by atoms with Crippen LogP contribution < -0.4 is 9.47 Å². The van der Waals surface area contributed by atoms with Gasteiger partial charge in [-0.15, -0.1) is 0 Å². The topological polar surface area (TPSA) is 92.0 Å². The number of carbonyl (C=O) groups is 1. The molecule has 3 unspecified atom stereocenters. The van der Waals surface area contributed by atoms with Crippen molar-refractivity contribution in [1.82, 2.24) is 4.90 Å². The van der Waals surface area contributed by atoms with E-state index in [2.05, 4.69) is 11.0 Å². The van der Waals surface area contributed by atoms with Crippen molar-refractivity contribution in [1.29, 1.82) is 5.26 Å². The summed E-state index contributed by atoms with van der Waals surface area (Å²) >= 11 is 0.